The Morgan fingerprint density at radius 2 is 1.50 bits per heavy atom. The fourth-order valence-electron chi connectivity index (χ4n) is 2.73. The fourth-order valence-corrected chi connectivity index (χ4v) is 4.02. The molecule has 5 nitrogen and oxygen atoms in total. The van der Waals surface area contributed by atoms with Gasteiger partial charge in [-0.05, 0) is 24.5 Å². The molecule has 0 spiro atoms. The lowest BCUT2D eigenvalue weighted by atomic mass is 9.95. The highest BCUT2D eigenvalue weighted by atomic mass is 35.5. The second-order valence-electron chi connectivity index (χ2n) is 6.02. The maximum absolute atomic E-state index is 12.8. The monoisotopic (exact) mass is 401 g/mol. The maximum atomic E-state index is 12.8. The number of hydrogen-bond donors (Lipinski definition) is 0. The summed E-state index contributed by atoms with van der Waals surface area (Å²) >= 11 is 6.20. The van der Waals surface area contributed by atoms with Crippen LogP contribution in [-0.2, 0) is 25.9 Å². The fraction of sp³-hybridized carbons (Fsp3) is 0.571. The van der Waals surface area contributed by atoms with Crippen molar-refractivity contribution in [3.63, 3.8) is 0 Å². The van der Waals surface area contributed by atoms with Gasteiger partial charge in [-0.15, -0.1) is 7.77 Å². The first-order valence-electron chi connectivity index (χ1n) is 7.33. The van der Waals surface area contributed by atoms with Gasteiger partial charge in [0.2, 0.25) is 0 Å². The number of hydrogen-bond acceptors (Lipinski definition) is 5. The molecule has 1 saturated carbocycles. The van der Waals surface area contributed by atoms with E-state index in [2.05, 4.69) is 0 Å². The van der Waals surface area contributed by atoms with Gasteiger partial charge in [0.1, 0.15) is 0 Å². The summed E-state index contributed by atoms with van der Waals surface area (Å²) < 4.78 is 68.5. The van der Waals surface area contributed by atoms with Crippen LogP contribution < -0.4 is 0 Å². The number of halogens is 3. The Balaban J connectivity index is 2.13. The molecular formula is C14H18ClF2NO4S2. The molecule has 0 unspecified atom stereocenters. The summed E-state index contributed by atoms with van der Waals surface area (Å²) in [6, 6.07) is 7.19. The Morgan fingerprint density at radius 1 is 1.00 bits per heavy atom. The van der Waals surface area contributed by atoms with Gasteiger partial charge in [-0.25, -0.2) is 0 Å². The molecule has 2 rings (SSSR count). The van der Waals surface area contributed by atoms with Crippen molar-refractivity contribution in [2.45, 2.75) is 18.3 Å². The van der Waals surface area contributed by atoms with Crippen molar-refractivity contribution in [3.8, 4) is 0 Å². The van der Waals surface area contributed by atoms with Crippen LogP contribution in [0, 0.1) is 0 Å². The average Bonchev–Trinajstić information content (AvgIpc) is 3.21. The van der Waals surface area contributed by atoms with Gasteiger partial charge in [0.25, 0.3) is 0 Å². The van der Waals surface area contributed by atoms with Crippen molar-refractivity contribution < 1.29 is 24.6 Å². The van der Waals surface area contributed by atoms with Gasteiger partial charge >= 0.3 is 20.4 Å². The molecule has 24 heavy (non-hydrogen) atoms. The minimum absolute atomic E-state index is 0.208. The molecule has 10 heteroatoms. The average molecular weight is 402 g/mol. The lowest BCUT2D eigenvalue weighted by molar-refractivity contribution is 0.274. The predicted octanol–water partition coefficient (Wildman–Crippen LogP) is 2.27. The zero-order valence-corrected chi connectivity index (χ0v) is 15.2. The lowest BCUT2D eigenvalue weighted by Crippen LogP contribution is -2.38. The molecule has 0 heterocycles. The third kappa shape index (κ3) is 5.94. The predicted molar refractivity (Wildman–Crippen MR) is 88.6 cm³/mol. The van der Waals surface area contributed by atoms with Gasteiger partial charge in [-0.3, -0.25) is 0 Å². The van der Waals surface area contributed by atoms with Gasteiger partial charge in [-0.1, -0.05) is 29.8 Å². The normalized spacial score (nSPS) is 17.2. The molecule has 1 aliphatic rings. The standard InChI is InChI=1S/C14H18ClF2NO4S2/c15-13-4-2-1-3-12(13)14(5-6-14)11-18(7-9-23(16,19)20)8-10-24(17,21)22/h1-4H,5-11H2. The molecule has 1 aromatic rings. The summed E-state index contributed by atoms with van der Waals surface area (Å²) in [6.07, 6.45) is 1.58. The second-order valence-corrected chi connectivity index (χ2v) is 9.40. The third-order valence-corrected chi connectivity index (χ3v) is 5.80. The van der Waals surface area contributed by atoms with E-state index in [-0.39, 0.29) is 18.5 Å². The largest absolute Gasteiger partial charge is 0.303 e. The molecule has 0 radical (unpaired) electrons. The number of benzene rings is 1. The van der Waals surface area contributed by atoms with Crippen molar-refractivity contribution in [1.29, 1.82) is 0 Å². The molecule has 0 amide bonds. The van der Waals surface area contributed by atoms with E-state index in [0.29, 0.717) is 11.6 Å². The van der Waals surface area contributed by atoms with Crippen LogP contribution in [0.3, 0.4) is 0 Å². The van der Waals surface area contributed by atoms with Crippen molar-refractivity contribution in [2.75, 3.05) is 31.1 Å². The Kier molecular flexibility index (Phi) is 5.89. The molecule has 1 fully saturated rings. The second kappa shape index (κ2) is 7.23. The maximum Gasteiger partial charge on any atom is 0.303 e. The van der Waals surface area contributed by atoms with E-state index in [1.807, 2.05) is 12.1 Å². The van der Waals surface area contributed by atoms with Crippen molar-refractivity contribution in [3.05, 3.63) is 34.9 Å². The summed E-state index contributed by atoms with van der Waals surface area (Å²) in [7, 11) is -9.38. The highest BCUT2D eigenvalue weighted by Crippen LogP contribution is 2.50. The molecule has 1 aromatic carbocycles. The van der Waals surface area contributed by atoms with Gasteiger partial charge in [-0.2, -0.15) is 16.8 Å². The van der Waals surface area contributed by atoms with Crippen LogP contribution in [0.2, 0.25) is 5.02 Å². The molecule has 0 N–H and O–H groups in total. The van der Waals surface area contributed by atoms with Crippen LogP contribution in [0.4, 0.5) is 7.77 Å². The first-order valence-corrected chi connectivity index (χ1v) is 10.8. The first-order chi connectivity index (χ1) is 11.0. The molecule has 0 aliphatic heterocycles. The van der Waals surface area contributed by atoms with Gasteiger partial charge in [0.05, 0.1) is 11.5 Å². The smallest absolute Gasteiger partial charge is 0.300 e. The van der Waals surface area contributed by atoms with Crippen LogP contribution in [0.5, 0.6) is 0 Å². The Bertz CT molecular complexity index is 759. The van der Waals surface area contributed by atoms with Crippen LogP contribution >= 0.6 is 11.6 Å². The highest BCUT2D eigenvalue weighted by Gasteiger charge is 2.46. The van der Waals surface area contributed by atoms with E-state index in [1.165, 1.54) is 4.90 Å². The summed E-state index contributed by atoms with van der Waals surface area (Å²) in [5.74, 6) is -1.53. The molecular weight excluding hydrogens is 384 g/mol. The van der Waals surface area contributed by atoms with Crippen molar-refractivity contribution >= 4 is 32.0 Å². The lowest BCUT2D eigenvalue weighted by Gasteiger charge is -2.27. The summed E-state index contributed by atoms with van der Waals surface area (Å²) in [4.78, 5) is 1.46. The highest BCUT2D eigenvalue weighted by molar-refractivity contribution is 7.86. The van der Waals surface area contributed by atoms with E-state index in [1.54, 1.807) is 12.1 Å². The van der Waals surface area contributed by atoms with Crippen molar-refractivity contribution in [1.82, 2.24) is 4.90 Å². The van der Waals surface area contributed by atoms with E-state index >= 15 is 0 Å². The zero-order chi connectivity index (χ0) is 18.0. The molecule has 0 atom stereocenters. The summed E-state index contributed by atoms with van der Waals surface area (Å²) in [5, 5.41) is 0.561. The van der Waals surface area contributed by atoms with E-state index in [4.69, 9.17) is 11.6 Å². The third-order valence-electron chi connectivity index (χ3n) is 4.13. The Morgan fingerprint density at radius 3 is 1.92 bits per heavy atom. The van der Waals surface area contributed by atoms with Gasteiger partial charge < -0.3 is 4.90 Å². The first kappa shape index (κ1) is 19.6. The SMILES string of the molecule is O=S(=O)(F)CCN(CCS(=O)(=O)F)CC1(c2ccccc2Cl)CC1. The van der Waals surface area contributed by atoms with E-state index in [9.17, 15) is 24.6 Å². The van der Waals surface area contributed by atoms with Crippen LogP contribution in [0.15, 0.2) is 24.3 Å². The van der Waals surface area contributed by atoms with E-state index < -0.39 is 32.0 Å². The van der Waals surface area contributed by atoms with Crippen molar-refractivity contribution in [2.24, 2.45) is 0 Å². The Labute approximate surface area is 146 Å². The number of rotatable bonds is 9. The van der Waals surface area contributed by atoms with E-state index in [0.717, 1.165) is 18.4 Å². The van der Waals surface area contributed by atoms with Crippen LogP contribution in [-0.4, -0.2) is 52.9 Å². The summed E-state index contributed by atoms with van der Waals surface area (Å²) in [5.41, 5.74) is 0.543. The molecule has 136 valence electrons. The molecule has 0 bridgehead atoms. The molecule has 0 aromatic heterocycles. The van der Waals surface area contributed by atoms with Gasteiger partial charge in [0, 0.05) is 30.1 Å². The quantitative estimate of drug-likeness (QED) is 0.593. The minimum atomic E-state index is -4.69. The van der Waals surface area contributed by atoms with Crippen LogP contribution in [0.25, 0.3) is 0 Å². The zero-order valence-electron chi connectivity index (χ0n) is 12.8. The van der Waals surface area contributed by atoms with Crippen LogP contribution in [0.1, 0.15) is 18.4 Å². The number of nitrogens with zero attached hydrogens (tertiary/aromatic N) is 1. The summed E-state index contributed by atoms with van der Waals surface area (Å²) in [6.45, 7) is -0.122. The van der Waals surface area contributed by atoms with Gasteiger partial charge in [0.15, 0.2) is 0 Å². The molecule has 1 aliphatic carbocycles. The molecule has 0 saturated heterocycles. The topological polar surface area (TPSA) is 71.5 Å². The Hall–Kier alpha value is -0.770. The minimum Gasteiger partial charge on any atom is -0.300 e.